The van der Waals surface area contributed by atoms with Gasteiger partial charge in [-0.05, 0) is 18.6 Å². The second-order valence-electron chi connectivity index (χ2n) is 3.60. The molecule has 15 heavy (non-hydrogen) atoms. The zero-order valence-corrected chi connectivity index (χ0v) is 8.88. The van der Waals surface area contributed by atoms with Crippen molar-refractivity contribution in [2.24, 2.45) is 12.8 Å². The van der Waals surface area contributed by atoms with Gasteiger partial charge in [0.05, 0.1) is 12.2 Å². The monoisotopic (exact) mass is 202 g/mol. The van der Waals surface area contributed by atoms with Gasteiger partial charge in [0, 0.05) is 30.7 Å². The Morgan fingerprint density at radius 1 is 1.47 bits per heavy atom. The minimum atomic E-state index is -0.146. The molecule has 4 heteroatoms. The Bertz CT molecular complexity index is 461. The van der Waals surface area contributed by atoms with E-state index in [0.717, 1.165) is 16.8 Å². The number of nitrogens with two attached hydrogens (primary N) is 1. The fourth-order valence-corrected chi connectivity index (χ4v) is 1.61. The minimum Gasteiger partial charge on any atom is -0.320 e. The van der Waals surface area contributed by atoms with Gasteiger partial charge in [-0.25, -0.2) is 0 Å². The van der Waals surface area contributed by atoms with Crippen molar-refractivity contribution >= 4 is 0 Å². The lowest BCUT2D eigenvalue weighted by Gasteiger charge is -2.11. The zero-order valence-electron chi connectivity index (χ0n) is 8.88. The standard InChI is InChI=1S/C11H14N4/c1-8-10(4-3-5-13-8)11(12)9-6-14-15(2)7-9/h3-7,11H,12H2,1-2H3. The van der Waals surface area contributed by atoms with Crippen LogP contribution in [0.5, 0.6) is 0 Å². The van der Waals surface area contributed by atoms with Crippen LogP contribution in [0.2, 0.25) is 0 Å². The van der Waals surface area contributed by atoms with E-state index in [2.05, 4.69) is 10.1 Å². The summed E-state index contributed by atoms with van der Waals surface area (Å²) >= 11 is 0. The molecule has 0 fully saturated rings. The second-order valence-corrected chi connectivity index (χ2v) is 3.60. The highest BCUT2D eigenvalue weighted by atomic mass is 15.2. The molecule has 2 heterocycles. The molecule has 4 nitrogen and oxygen atoms in total. The number of hydrogen-bond donors (Lipinski definition) is 1. The molecule has 0 aliphatic heterocycles. The average molecular weight is 202 g/mol. The summed E-state index contributed by atoms with van der Waals surface area (Å²) in [5.74, 6) is 0. The molecule has 1 unspecified atom stereocenters. The molecule has 0 bridgehead atoms. The molecular formula is C11H14N4. The summed E-state index contributed by atoms with van der Waals surface area (Å²) in [6.07, 6.45) is 5.49. The largest absolute Gasteiger partial charge is 0.320 e. The number of pyridine rings is 1. The maximum atomic E-state index is 6.14. The minimum absolute atomic E-state index is 0.146. The molecule has 2 rings (SSSR count). The van der Waals surface area contributed by atoms with Gasteiger partial charge in [0.15, 0.2) is 0 Å². The van der Waals surface area contributed by atoms with Crippen LogP contribution >= 0.6 is 0 Å². The van der Waals surface area contributed by atoms with Gasteiger partial charge in [-0.3, -0.25) is 9.67 Å². The van der Waals surface area contributed by atoms with E-state index in [1.54, 1.807) is 17.1 Å². The van der Waals surface area contributed by atoms with Crippen molar-refractivity contribution in [2.45, 2.75) is 13.0 Å². The number of aryl methyl sites for hydroxylation is 2. The van der Waals surface area contributed by atoms with Crippen LogP contribution in [-0.2, 0) is 7.05 Å². The summed E-state index contributed by atoms with van der Waals surface area (Å²) in [5, 5.41) is 4.11. The molecule has 0 aliphatic rings. The highest BCUT2D eigenvalue weighted by Gasteiger charge is 2.12. The summed E-state index contributed by atoms with van der Waals surface area (Å²) < 4.78 is 1.75. The van der Waals surface area contributed by atoms with E-state index in [4.69, 9.17) is 5.73 Å². The molecule has 1 atom stereocenters. The Morgan fingerprint density at radius 3 is 2.87 bits per heavy atom. The van der Waals surface area contributed by atoms with Crippen LogP contribution < -0.4 is 5.73 Å². The highest BCUT2D eigenvalue weighted by Crippen LogP contribution is 2.20. The van der Waals surface area contributed by atoms with Gasteiger partial charge in [0.25, 0.3) is 0 Å². The number of aromatic nitrogens is 3. The third-order valence-electron chi connectivity index (χ3n) is 2.47. The molecule has 2 aromatic heterocycles. The first kappa shape index (κ1) is 9.86. The van der Waals surface area contributed by atoms with Crippen LogP contribution in [0.3, 0.4) is 0 Å². The molecular weight excluding hydrogens is 188 g/mol. The summed E-state index contributed by atoms with van der Waals surface area (Å²) in [4.78, 5) is 4.23. The van der Waals surface area contributed by atoms with E-state index < -0.39 is 0 Å². The van der Waals surface area contributed by atoms with Crippen molar-refractivity contribution in [3.63, 3.8) is 0 Å². The smallest absolute Gasteiger partial charge is 0.0600 e. The van der Waals surface area contributed by atoms with E-state index in [-0.39, 0.29) is 6.04 Å². The number of nitrogens with zero attached hydrogens (tertiary/aromatic N) is 3. The lowest BCUT2D eigenvalue weighted by Crippen LogP contribution is -2.13. The second kappa shape index (κ2) is 3.82. The lowest BCUT2D eigenvalue weighted by molar-refractivity contribution is 0.764. The molecule has 0 aromatic carbocycles. The average Bonchev–Trinajstić information content (AvgIpc) is 2.65. The van der Waals surface area contributed by atoms with Crippen molar-refractivity contribution in [2.75, 3.05) is 0 Å². The van der Waals surface area contributed by atoms with E-state index in [0.29, 0.717) is 0 Å². The number of hydrogen-bond acceptors (Lipinski definition) is 3. The number of rotatable bonds is 2. The molecule has 0 saturated carbocycles. The van der Waals surface area contributed by atoms with Crippen LogP contribution in [0, 0.1) is 6.92 Å². The van der Waals surface area contributed by atoms with Crippen molar-refractivity contribution < 1.29 is 0 Å². The Hall–Kier alpha value is -1.68. The molecule has 0 spiro atoms. The summed E-state index contributed by atoms with van der Waals surface area (Å²) in [6, 6.07) is 3.76. The Morgan fingerprint density at radius 2 is 2.27 bits per heavy atom. The Labute approximate surface area is 88.8 Å². The van der Waals surface area contributed by atoms with Crippen LogP contribution in [0.25, 0.3) is 0 Å². The molecule has 0 saturated heterocycles. The summed E-state index contributed by atoms with van der Waals surface area (Å²) in [5.41, 5.74) is 9.16. The van der Waals surface area contributed by atoms with Crippen molar-refractivity contribution in [3.05, 3.63) is 47.5 Å². The predicted octanol–water partition coefficient (Wildman–Crippen LogP) is 1.17. The van der Waals surface area contributed by atoms with Crippen LogP contribution in [0.1, 0.15) is 22.9 Å². The summed E-state index contributed by atoms with van der Waals surface area (Å²) in [7, 11) is 1.88. The van der Waals surface area contributed by atoms with Gasteiger partial charge in [0.1, 0.15) is 0 Å². The fraction of sp³-hybridized carbons (Fsp3) is 0.273. The quantitative estimate of drug-likeness (QED) is 0.795. The van der Waals surface area contributed by atoms with Crippen molar-refractivity contribution in [3.8, 4) is 0 Å². The summed E-state index contributed by atoms with van der Waals surface area (Å²) in [6.45, 7) is 1.96. The van der Waals surface area contributed by atoms with E-state index in [9.17, 15) is 0 Å². The Balaban J connectivity index is 2.36. The van der Waals surface area contributed by atoms with E-state index >= 15 is 0 Å². The van der Waals surface area contributed by atoms with Crippen LogP contribution in [0.4, 0.5) is 0 Å². The van der Waals surface area contributed by atoms with Gasteiger partial charge < -0.3 is 5.73 Å². The molecule has 0 radical (unpaired) electrons. The highest BCUT2D eigenvalue weighted by molar-refractivity contribution is 5.30. The SMILES string of the molecule is Cc1ncccc1C(N)c1cnn(C)c1. The molecule has 2 N–H and O–H groups in total. The van der Waals surface area contributed by atoms with Crippen LogP contribution in [0.15, 0.2) is 30.7 Å². The van der Waals surface area contributed by atoms with Crippen molar-refractivity contribution in [1.82, 2.24) is 14.8 Å². The van der Waals surface area contributed by atoms with Gasteiger partial charge in [-0.2, -0.15) is 5.10 Å². The van der Waals surface area contributed by atoms with E-state index in [1.807, 2.05) is 32.3 Å². The van der Waals surface area contributed by atoms with Gasteiger partial charge in [0.2, 0.25) is 0 Å². The topological polar surface area (TPSA) is 56.7 Å². The van der Waals surface area contributed by atoms with Crippen molar-refractivity contribution in [1.29, 1.82) is 0 Å². The van der Waals surface area contributed by atoms with E-state index in [1.165, 1.54) is 0 Å². The first-order valence-electron chi connectivity index (χ1n) is 4.84. The lowest BCUT2D eigenvalue weighted by atomic mass is 10.0. The molecule has 0 amide bonds. The maximum Gasteiger partial charge on any atom is 0.0600 e. The third kappa shape index (κ3) is 1.89. The first-order valence-corrected chi connectivity index (χ1v) is 4.84. The van der Waals surface area contributed by atoms with Gasteiger partial charge in [-0.1, -0.05) is 6.07 Å². The molecule has 0 aliphatic carbocycles. The van der Waals surface area contributed by atoms with Crippen LogP contribution in [-0.4, -0.2) is 14.8 Å². The zero-order chi connectivity index (χ0) is 10.8. The molecule has 78 valence electrons. The third-order valence-corrected chi connectivity index (χ3v) is 2.47. The maximum absolute atomic E-state index is 6.14. The Kier molecular flexibility index (Phi) is 2.51. The van der Waals surface area contributed by atoms with Gasteiger partial charge >= 0.3 is 0 Å². The predicted molar refractivity (Wildman–Crippen MR) is 58.2 cm³/mol. The normalized spacial score (nSPS) is 12.7. The van der Waals surface area contributed by atoms with Gasteiger partial charge in [-0.15, -0.1) is 0 Å². The first-order chi connectivity index (χ1) is 7.18. The fourth-order valence-electron chi connectivity index (χ4n) is 1.61. The molecule has 2 aromatic rings.